The summed E-state index contributed by atoms with van der Waals surface area (Å²) < 4.78 is 2.82. The quantitative estimate of drug-likeness (QED) is 0.522. The maximum Gasteiger partial charge on any atom is 0.0631 e. The second kappa shape index (κ2) is 7.40. The van der Waals surface area contributed by atoms with Crippen LogP contribution in [0.25, 0.3) is 0 Å². The summed E-state index contributed by atoms with van der Waals surface area (Å²) in [6.45, 7) is 12.5. The first-order valence-corrected chi connectivity index (χ1v) is 8.95. The van der Waals surface area contributed by atoms with Crippen LogP contribution in [0.15, 0.2) is 12.1 Å². The average Bonchev–Trinajstić information content (AvgIpc) is 3.05. The van der Waals surface area contributed by atoms with Crippen molar-refractivity contribution >= 4 is 17.6 Å². The Morgan fingerprint density at radius 3 is 2.00 bits per heavy atom. The molecule has 1 aromatic carbocycles. The van der Waals surface area contributed by atoms with Gasteiger partial charge in [0.15, 0.2) is 0 Å². The van der Waals surface area contributed by atoms with Gasteiger partial charge in [-0.3, -0.25) is 0 Å². The largest absolute Gasteiger partial charge is 0.318 e. The molecule has 20 heavy (non-hydrogen) atoms. The zero-order chi connectivity index (χ0) is 15.3. The van der Waals surface area contributed by atoms with Crippen molar-refractivity contribution in [2.45, 2.75) is 72.0 Å². The van der Waals surface area contributed by atoms with Crippen LogP contribution in [0, 0.1) is 13.8 Å². The Labute approximate surface area is 130 Å². The second-order valence-corrected chi connectivity index (χ2v) is 6.72. The molecule has 114 valence electrons. The van der Waals surface area contributed by atoms with E-state index in [0.29, 0.717) is 4.75 Å². The zero-order valence-electron chi connectivity index (χ0n) is 14.3. The predicted octanol–water partition coefficient (Wildman–Crippen LogP) is 6.22. The molecule has 2 heteroatoms. The third kappa shape index (κ3) is 2.86. The summed E-state index contributed by atoms with van der Waals surface area (Å²) in [5, 5.41) is 0. The molecule has 1 aliphatic carbocycles. The van der Waals surface area contributed by atoms with Crippen LogP contribution in [0.1, 0.15) is 70.1 Å². The molecule has 3 rings (SSSR count). The maximum atomic E-state index is 2.41. The number of hydrogen-bond donors (Lipinski definition) is 0. The lowest BCUT2D eigenvalue weighted by Gasteiger charge is -2.23. The molecule has 0 amide bonds. The van der Waals surface area contributed by atoms with E-state index in [1.54, 1.807) is 5.56 Å². The summed E-state index contributed by atoms with van der Waals surface area (Å²) in [6.07, 6.45) is 5.51. The number of anilines is 1. The number of fused-ring (bicyclic) bond motifs is 2. The van der Waals surface area contributed by atoms with E-state index in [1.165, 1.54) is 42.5 Å². The third-order valence-corrected chi connectivity index (χ3v) is 5.50. The van der Waals surface area contributed by atoms with Crippen molar-refractivity contribution in [3.63, 3.8) is 0 Å². The maximum absolute atomic E-state index is 2.41. The molecule has 2 aliphatic rings. The minimum atomic E-state index is 0.417. The van der Waals surface area contributed by atoms with Gasteiger partial charge in [-0.05, 0) is 55.3 Å². The first kappa shape index (κ1) is 17.4. The lowest BCUT2D eigenvalue weighted by atomic mass is 9.89. The summed E-state index contributed by atoms with van der Waals surface area (Å²) in [7, 11) is 2.23. The second-order valence-electron chi connectivity index (χ2n) is 5.21. The monoisotopic (exact) mass is 293 g/mol. The Bertz CT molecular complexity index is 433. The van der Waals surface area contributed by atoms with Crippen LogP contribution in [0.2, 0.25) is 0 Å². The fourth-order valence-electron chi connectivity index (χ4n) is 3.42. The molecular weight excluding hydrogens is 262 g/mol. The highest BCUT2D eigenvalue weighted by atomic mass is 32.2. The standard InChI is InChI=1S/C14H19NS.2C2H6/c1-10-6-7-11(2)13-12(10)14(16-15(13)3)8-4-5-9-14;2*1-2/h6-7H,4-5,8-9H2,1-3H3;2*1-2H3. The summed E-state index contributed by atoms with van der Waals surface area (Å²) >= 11 is 2.07. The van der Waals surface area contributed by atoms with E-state index in [2.05, 4.69) is 49.3 Å². The van der Waals surface area contributed by atoms with Gasteiger partial charge in [0.2, 0.25) is 0 Å². The highest BCUT2D eigenvalue weighted by Crippen LogP contribution is 2.60. The molecule has 0 radical (unpaired) electrons. The molecule has 1 spiro atoms. The smallest absolute Gasteiger partial charge is 0.0631 e. The molecule has 1 aliphatic heterocycles. The molecule has 1 heterocycles. The van der Waals surface area contributed by atoms with Gasteiger partial charge in [-0.1, -0.05) is 52.7 Å². The molecule has 1 nitrogen and oxygen atoms in total. The van der Waals surface area contributed by atoms with Gasteiger partial charge in [-0.15, -0.1) is 0 Å². The van der Waals surface area contributed by atoms with Crippen molar-refractivity contribution in [2.24, 2.45) is 0 Å². The number of hydrogen-bond acceptors (Lipinski definition) is 2. The fraction of sp³-hybridized carbons (Fsp3) is 0.667. The van der Waals surface area contributed by atoms with Crippen LogP contribution in [0.4, 0.5) is 5.69 Å². The Balaban J connectivity index is 0.000000461. The van der Waals surface area contributed by atoms with E-state index in [0.717, 1.165) is 0 Å². The molecule has 0 N–H and O–H groups in total. The van der Waals surface area contributed by atoms with Gasteiger partial charge >= 0.3 is 0 Å². The molecule has 1 aromatic rings. The lowest BCUT2D eigenvalue weighted by Crippen LogP contribution is -2.15. The summed E-state index contributed by atoms with van der Waals surface area (Å²) in [4.78, 5) is 0. The molecular formula is C18H31NS. The molecule has 1 fully saturated rings. The number of aryl methyl sites for hydroxylation is 2. The summed E-state index contributed by atoms with van der Waals surface area (Å²) in [5.74, 6) is 0. The Hall–Kier alpha value is -0.630. The van der Waals surface area contributed by atoms with Gasteiger partial charge in [-0.2, -0.15) is 0 Å². The Kier molecular flexibility index (Phi) is 6.44. The van der Waals surface area contributed by atoms with Crippen molar-refractivity contribution < 1.29 is 0 Å². The van der Waals surface area contributed by atoms with Gasteiger partial charge in [0.25, 0.3) is 0 Å². The van der Waals surface area contributed by atoms with Gasteiger partial charge in [-0.25, -0.2) is 0 Å². The van der Waals surface area contributed by atoms with Gasteiger partial charge < -0.3 is 4.31 Å². The minimum Gasteiger partial charge on any atom is -0.318 e. The van der Waals surface area contributed by atoms with E-state index < -0.39 is 0 Å². The van der Waals surface area contributed by atoms with Crippen LogP contribution >= 0.6 is 11.9 Å². The van der Waals surface area contributed by atoms with Crippen LogP contribution in [0.5, 0.6) is 0 Å². The first-order valence-electron chi connectivity index (χ1n) is 8.18. The van der Waals surface area contributed by atoms with Gasteiger partial charge in [0.05, 0.1) is 10.4 Å². The van der Waals surface area contributed by atoms with Crippen molar-refractivity contribution in [3.05, 3.63) is 28.8 Å². The van der Waals surface area contributed by atoms with E-state index in [9.17, 15) is 0 Å². The lowest BCUT2D eigenvalue weighted by molar-refractivity contribution is 0.659. The van der Waals surface area contributed by atoms with Crippen molar-refractivity contribution in [3.8, 4) is 0 Å². The topological polar surface area (TPSA) is 3.24 Å². The van der Waals surface area contributed by atoms with Gasteiger partial charge in [0.1, 0.15) is 0 Å². The van der Waals surface area contributed by atoms with E-state index >= 15 is 0 Å². The zero-order valence-corrected chi connectivity index (χ0v) is 15.2. The molecule has 1 saturated carbocycles. The third-order valence-electron chi connectivity index (χ3n) is 4.08. The normalized spacial score (nSPS) is 18.1. The van der Waals surface area contributed by atoms with Gasteiger partial charge in [0, 0.05) is 7.05 Å². The van der Waals surface area contributed by atoms with Crippen LogP contribution in [0.3, 0.4) is 0 Å². The highest BCUT2D eigenvalue weighted by molar-refractivity contribution is 8.02. The van der Waals surface area contributed by atoms with E-state index in [4.69, 9.17) is 0 Å². The number of nitrogens with zero attached hydrogens (tertiary/aromatic N) is 1. The van der Waals surface area contributed by atoms with Crippen molar-refractivity contribution in [1.82, 2.24) is 0 Å². The number of rotatable bonds is 0. The van der Waals surface area contributed by atoms with E-state index in [1.807, 2.05) is 27.7 Å². The molecule has 0 aromatic heterocycles. The Morgan fingerprint density at radius 1 is 0.950 bits per heavy atom. The minimum absolute atomic E-state index is 0.417. The summed E-state index contributed by atoms with van der Waals surface area (Å²) in [5.41, 5.74) is 6.04. The Morgan fingerprint density at radius 2 is 1.45 bits per heavy atom. The van der Waals surface area contributed by atoms with Crippen LogP contribution in [-0.4, -0.2) is 7.05 Å². The van der Waals surface area contributed by atoms with E-state index in [-0.39, 0.29) is 0 Å². The number of benzene rings is 1. The first-order chi connectivity index (χ1) is 9.64. The molecule has 0 saturated heterocycles. The highest BCUT2D eigenvalue weighted by Gasteiger charge is 2.46. The van der Waals surface area contributed by atoms with Crippen LogP contribution in [-0.2, 0) is 4.75 Å². The fourth-order valence-corrected chi connectivity index (χ4v) is 5.09. The average molecular weight is 294 g/mol. The summed E-state index contributed by atoms with van der Waals surface area (Å²) in [6, 6.07) is 4.56. The van der Waals surface area contributed by atoms with Crippen molar-refractivity contribution in [2.75, 3.05) is 11.4 Å². The van der Waals surface area contributed by atoms with Crippen molar-refractivity contribution in [1.29, 1.82) is 0 Å². The predicted molar refractivity (Wildman–Crippen MR) is 94.8 cm³/mol. The van der Waals surface area contributed by atoms with Crippen LogP contribution < -0.4 is 4.31 Å². The SMILES string of the molecule is CC.CC.Cc1ccc(C)c2c1N(C)SC21CCCC1. The molecule has 0 unspecified atom stereocenters. The molecule has 0 atom stereocenters. The molecule has 0 bridgehead atoms.